The summed E-state index contributed by atoms with van der Waals surface area (Å²) in [5.41, 5.74) is 11.7. The highest BCUT2D eigenvalue weighted by Crippen LogP contribution is 2.27. The molecule has 1 aromatic rings. The van der Waals surface area contributed by atoms with Crippen molar-refractivity contribution in [2.24, 2.45) is 5.11 Å². The smallest absolute Gasteiger partial charge is 0.101 e. The monoisotopic (exact) mass is 291 g/mol. The first-order valence-electron chi connectivity index (χ1n) is 6.80. The van der Waals surface area contributed by atoms with Gasteiger partial charge in [0.2, 0.25) is 0 Å². The fourth-order valence-corrected chi connectivity index (χ4v) is 2.43. The molecular weight excluding hydrogens is 273 g/mol. The van der Waals surface area contributed by atoms with E-state index in [-0.39, 0.29) is 0 Å². The zero-order chi connectivity index (χ0) is 15.1. The Labute approximate surface area is 123 Å². The lowest BCUT2D eigenvalue weighted by Crippen LogP contribution is -2.20. The van der Waals surface area contributed by atoms with Crippen molar-refractivity contribution in [2.75, 3.05) is 27.0 Å². The number of benzene rings is 1. The second kappa shape index (κ2) is 7.78. The summed E-state index contributed by atoms with van der Waals surface area (Å²) in [4.78, 5) is 2.67. The van der Waals surface area contributed by atoms with Crippen LogP contribution in [0.5, 0.6) is 0 Å². The molecule has 21 heavy (non-hydrogen) atoms. The molecule has 1 heterocycles. The lowest BCUT2D eigenvalue weighted by molar-refractivity contribution is 0.0722. The van der Waals surface area contributed by atoms with Crippen LogP contribution < -0.4 is 0 Å². The van der Waals surface area contributed by atoms with E-state index in [1.807, 2.05) is 24.3 Å². The molecule has 0 radical (unpaired) electrons. The van der Waals surface area contributed by atoms with Crippen molar-refractivity contribution in [1.82, 2.24) is 0 Å². The maximum Gasteiger partial charge on any atom is 0.101 e. The van der Waals surface area contributed by atoms with Gasteiger partial charge < -0.3 is 9.47 Å². The summed E-state index contributed by atoms with van der Waals surface area (Å²) in [5.74, 6) is 0. The van der Waals surface area contributed by atoms with Crippen LogP contribution in [0.25, 0.3) is 16.0 Å². The van der Waals surface area contributed by atoms with Crippen molar-refractivity contribution in [3.05, 3.63) is 51.9 Å². The summed E-state index contributed by atoms with van der Waals surface area (Å²) in [7, 11) is 1.48. The van der Waals surface area contributed by atoms with E-state index in [1.54, 1.807) is 0 Å². The highest BCUT2D eigenvalue weighted by molar-refractivity contribution is 5.66. The Morgan fingerprint density at radius 1 is 1.43 bits per heavy atom. The zero-order valence-corrected chi connectivity index (χ0v) is 11.9. The van der Waals surface area contributed by atoms with E-state index in [1.165, 1.54) is 12.7 Å². The first-order chi connectivity index (χ1) is 10.3. The van der Waals surface area contributed by atoms with Gasteiger partial charge in [-0.05, 0) is 28.7 Å². The molecule has 1 aliphatic rings. The number of ether oxygens (including phenoxy) is 2. The van der Waals surface area contributed by atoms with Crippen molar-refractivity contribution in [3.63, 3.8) is 0 Å². The normalized spacial score (nSPS) is 17.5. The van der Waals surface area contributed by atoms with Crippen molar-refractivity contribution in [2.45, 2.75) is 18.6 Å². The van der Waals surface area contributed by atoms with Crippen LogP contribution in [-0.4, -0.2) is 33.0 Å². The summed E-state index contributed by atoms with van der Waals surface area (Å²) in [6.45, 7) is 0.612. The molecule has 5 nitrogen and oxygen atoms in total. The molecule has 0 saturated heterocycles. The molecule has 2 rings (SSSR count). The Kier molecular flexibility index (Phi) is 5.75. The van der Waals surface area contributed by atoms with Gasteiger partial charge in [0, 0.05) is 12.0 Å². The van der Waals surface area contributed by atoms with Crippen LogP contribution >= 0.6 is 0 Å². The number of halogens is 1. The minimum absolute atomic E-state index is 0.580. The lowest BCUT2D eigenvalue weighted by atomic mass is 9.97. The van der Waals surface area contributed by atoms with Crippen LogP contribution in [0.3, 0.4) is 0 Å². The number of hydrogen-bond acceptors (Lipinski definition) is 3. The van der Waals surface area contributed by atoms with E-state index in [4.69, 9.17) is 15.0 Å². The second-order valence-electron chi connectivity index (χ2n) is 4.76. The third-order valence-corrected chi connectivity index (χ3v) is 3.53. The Bertz CT molecular complexity index is 538. The van der Waals surface area contributed by atoms with Crippen molar-refractivity contribution < 1.29 is 13.9 Å². The van der Waals surface area contributed by atoms with Gasteiger partial charge in [0.05, 0.1) is 25.4 Å². The van der Waals surface area contributed by atoms with Crippen LogP contribution in [0.2, 0.25) is 0 Å². The molecule has 6 heteroatoms. The highest BCUT2D eigenvalue weighted by Gasteiger charge is 2.22. The molecule has 0 bridgehead atoms. The molecule has 0 N–H and O–H groups in total. The van der Waals surface area contributed by atoms with Crippen molar-refractivity contribution >= 4 is 5.57 Å². The number of rotatable bonds is 6. The first kappa shape index (κ1) is 15.5. The Morgan fingerprint density at radius 2 is 2.19 bits per heavy atom. The Morgan fingerprint density at radius 3 is 2.71 bits per heavy atom. The fourth-order valence-electron chi connectivity index (χ4n) is 2.43. The van der Waals surface area contributed by atoms with E-state index in [0.717, 1.165) is 24.2 Å². The molecule has 2 atom stereocenters. The summed E-state index contributed by atoms with van der Waals surface area (Å²) in [6, 6.07) is 6.87. The number of methoxy groups -OCH3 is 1. The maximum absolute atomic E-state index is 13.0. The molecule has 0 amide bonds. The Balaban J connectivity index is 2.19. The van der Waals surface area contributed by atoms with Crippen molar-refractivity contribution in [3.8, 4) is 0 Å². The molecule has 0 fully saturated rings. The van der Waals surface area contributed by atoms with E-state index in [0.29, 0.717) is 6.61 Å². The molecular formula is C15H18FN3O2. The third kappa shape index (κ3) is 3.82. The maximum atomic E-state index is 13.0. The van der Waals surface area contributed by atoms with Gasteiger partial charge in [0.25, 0.3) is 0 Å². The molecule has 0 saturated carbocycles. The fraction of sp³-hybridized carbons (Fsp3) is 0.467. The molecule has 0 spiro atoms. The molecule has 1 aromatic carbocycles. The lowest BCUT2D eigenvalue weighted by Gasteiger charge is -2.21. The second-order valence-corrected chi connectivity index (χ2v) is 4.76. The van der Waals surface area contributed by atoms with E-state index < -0.39 is 18.8 Å². The molecule has 0 aliphatic carbocycles. The largest absolute Gasteiger partial charge is 0.377 e. The summed E-state index contributed by atoms with van der Waals surface area (Å²) >= 11 is 0. The summed E-state index contributed by atoms with van der Waals surface area (Å²) in [5, 5.41) is 3.46. The summed E-state index contributed by atoms with van der Waals surface area (Å²) < 4.78 is 23.5. The van der Waals surface area contributed by atoms with Gasteiger partial charge in [-0.2, -0.15) is 0 Å². The first-order valence-corrected chi connectivity index (χ1v) is 6.80. The molecule has 0 aromatic heterocycles. The van der Waals surface area contributed by atoms with Crippen LogP contribution in [0.4, 0.5) is 4.39 Å². The number of hydrogen-bond donors (Lipinski definition) is 0. The van der Waals surface area contributed by atoms with Gasteiger partial charge in [-0.1, -0.05) is 35.5 Å². The van der Waals surface area contributed by atoms with E-state index in [2.05, 4.69) is 16.1 Å². The third-order valence-electron chi connectivity index (χ3n) is 3.53. The zero-order valence-electron chi connectivity index (χ0n) is 11.9. The average Bonchev–Trinajstić information content (AvgIpc) is 2.56. The van der Waals surface area contributed by atoms with Crippen LogP contribution in [0, 0.1) is 0 Å². The number of alkyl halides is 1. The van der Waals surface area contributed by atoms with Gasteiger partial charge in [-0.3, -0.25) is 4.39 Å². The SMILES string of the molecule is CO[C@H](c1ccc(C2=CCOCC2)cc1)[C@@H](CF)N=[N+]=[N-]. The average molecular weight is 291 g/mol. The van der Waals surface area contributed by atoms with Gasteiger partial charge >= 0.3 is 0 Å². The number of nitrogens with zero attached hydrogens (tertiary/aromatic N) is 3. The standard InChI is InChI=1S/C15H18FN3O2/c1-20-15(14(10-16)18-19-17)13-4-2-11(3-5-13)12-6-8-21-9-7-12/h2-6,14-15H,7-10H2,1H3/t14-,15-/m1/s1. The predicted octanol–water partition coefficient (Wildman–Crippen LogP) is 3.83. The van der Waals surface area contributed by atoms with E-state index >= 15 is 0 Å². The van der Waals surface area contributed by atoms with Gasteiger partial charge in [0.1, 0.15) is 6.67 Å². The highest BCUT2D eigenvalue weighted by atomic mass is 19.1. The van der Waals surface area contributed by atoms with Crippen LogP contribution in [-0.2, 0) is 9.47 Å². The van der Waals surface area contributed by atoms with E-state index in [9.17, 15) is 4.39 Å². The minimum atomic E-state index is -0.854. The van der Waals surface area contributed by atoms with Crippen LogP contribution in [0.1, 0.15) is 23.7 Å². The van der Waals surface area contributed by atoms with Gasteiger partial charge in [-0.15, -0.1) is 0 Å². The molecule has 0 unspecified atom stereocenters. The van der Waals surface area contributed by atoms with Crippen LogP contribution in [0.15, 0.2) is 35.5 Å². The minimum Gasteiger partial charge on any atom is -0.377 e. The quantitative estimate of drug-likeness (QED) is 0.454. The topological polar surface area (TPSA) is 67.2 Å². The van der Waals surface area contributed by atoms with Crippen molar-refractivity contribution in [1.29, 1.82) is 0 Å². The number of azide groups is 1. The molecule has 1 aliphatic heterocycles. The van der Waals surface area contributed by atoms with Gasteiger partial charge in [0.15, 0.2) is 0 Å². The summed E-state index contributed by atoms with van der Waals surface area (Å²) in [6.07, 6.45) is 2.37. The van der Waals surface area contributed by atoms with Gasteiger partial charge in [-0.25, -0.2) is 0 Å². The molecule has 112 valence electrons. The Hall–Kier alpha value is -1.88. The predicted molar refractivity (Wildman–Crippen MR) is 78.5 cm³/mol.